The summed E-state index contributed by atoms with van der Waals surface area (Å²) in [5, 5.41) is 0. The lowest BCUT2D eigenvalue weighted by atomic mass is 10.0. The number of hydrogen-bond acceptors (Lipinski definition) is 2. The Kier molecular flexibility index (Phi) is 6.60. The lowest BCUT2D eigenvalue weighted by Crippen LogP contribution is -2.00. The fourth-order valence-electron chi connectivity index (χ4n) is 2.87. The summed E-state index contributed by atoms with van der Waals surface area (Å²) in [6, 6.07) is 14.9. The molecule has 0 aliphatic heterocycles. The first-order valence-corrected chi connectivity index (χ1v) is 9.28. The van der Waals surface area contributed by atoms with Crippen molar-refractivity contribution in [2.45, 2.75) is 20.5 Å². The van der Waals surface area contributed by atoms with Crippen molar-refractivity contribution in [2.75, 3.05) is 6.61 Å². The summed E-state index contributed by atoms with van der Waals surface area (Å²) >= 11 is 0. The van der Waals surface area contributed by atoms with Gasteiger partial charge in [-0.2, -0.15) is 4.39 Å². The Balaban J connectivity index is 1.70. The van der Waals surface area contributed by atoms with Crippen molar-refractivity contribution >= 4 is 6.08 Å². The first-order valence-electron chi connectivity index (χ1n) is 9.28. The number of ether oxygens (including phenoxy) is 2. The van der Waals surface area contributed by atoms with Gasteiger partial charge in [-0.1, -0.05) is 42.5 Å². The van der Waals surface area contributed by atoms with Crippen LogP contribution in [0.15, 0.2) is 60.7 Å². The minimum Gasteiger partial charge on any atom is -0.491 e. The SMILES string of the molecule is C/C=C/c1ccc(OCc2ccc(-c3ccc(OCC)c(F)c3)cc2)c(F)c1F. The number of benzene rings is 3. The van der Waals surface area contributed by atoms with E-state index in [1.165, 1.54) is 24.3 Å². The Morgan fingerprint density at radius 2 is 1.48 bits per heavy atom. The molecular weight excluding hydrogens is 377 g/mol. The maximum Gasteiger partial charge on any atom is 0.201 e. The Morgan fingerprint density at radius 3 is 2.14 bits per heavy atom. The second-order valence-electron chi connectivity index (χ2n) is 6.34. The van der Waals surface area contributed by atoms with Gasteiger partial charge >= 0.3 is 0 Å². The molecule has 0 aliphatic rings. The van der Waals surface area contributed by atoms with E-state index in [2.05, 4.69) is 0 Å². The number of hydrogen-bond donors (Lipinski definition) is 0. The second-order valence-corrected chi connectivity index (χ2v) is 6.34. The quantitative estimate of drug-likeness (QED) is 0.437. The van der Waals surface area contributed by atoms with Crippen LogP contribution in [-0.2, 0) is 6.61 Å². The van der Waals surface area contributed by atoms with Gasteiger partial charge in [0.15, 0.2) is 23.1 Å². The average molecular weight is 398 g/mol. The highest BCUT2D eigenvalue weighted by Crippen LogP contribution is 2.27. The summed E-state index contributed by atoms with van der Waals surface area (Å²) in [5.74, 6) is -2.30. The molecule has 150 valence electrons. The predicted octanol–water partition coefficient (Wildman–Crippen LogP) is 6.78. The molecule has 0 unspecified atom stereocenters. The van der Waals surface area contributed by atoms with Crippen LogP contribution in [0.4, 0.5) is 13.2 Å². The summed E-state index contributed by atoms with van der Waals surface area (Å²) in [4.78, 5) is 0. The summed E-state index contributed by atoms with van der Waals surface area (Å²) in [6.07, 6.45) is 3.13. The zero-order chi connectivity index (χ0) is 20.8. The van der Waals surface area contributed by atoms with Gasteiger partial charge in [-0.25, -0.2) is 8.78 Å². The molecule has 0 atom stereocenters. The van der Waals surface area contributed by atoms with E-state index >= 15 is 0 Å². The third-order valence-electron chi connectivity index (χ3n) is 4.34. The van der Waals surface area contributed by atoms with Gasteiger partial charge in [0.2, 0.25) is 5.82 Å². The van der Waals surface area contributed by atoms with Crippen LogP contribution in [0, 0.1) is 17.5 Å². The molecule has 0 N–H and O–H groups in total. The molecule has 0 spiro atoms. The Morgan fingerprint density at radius 1 is 0.793 bits per heavy atom. The van der Waals surface area contributed by atoms with Gasteiger partial charge in [-0.3, -0.25) is 0 Å². The highest BCUT2D eigenvalue weighted by Gasteiger charge is 2.13. The van der Waals surface area contributed by atoms with E-state index in [1.54, 1.807) is 44.2 Å². The lowest BCUT2D eigenvalue weighted by Gasteiger charge is -2.10. The zero-order valence-corrected chi connectivity index (χ0v) is 16.2. The monoisotopic (exact) mass is 398 g/mol. The summed E-state index contributed by atoms with van der Waals surface area (Å²) in [5.41, 5.74) is 2.48. The molecule has 0 saturated heterocycles. The van der Waals surface area contributed by atoms with E-state index < -0.39 is 17.5 Å². The largest absolute Gasteiger partial charge is 0.491 e. The van der Waals surface area contributed by atoms with Crippen molar-refractivity contribution < 1.29 is 22.6 Å². The molecule has 0 amide bonds. The smallest absolute Gasteiger partial charge is 0.201 e. The first kappa shape index (κ1) is 20.5. The molecule has 0 bridgehead atoms. The van der Waals surface area contributed by atoms with Gasteiger partial charge in [0, 0.05) is 5.56 Å². The third-order valence-corrected chi connectivity index (χ3v) is 4.34. The van der Waals surface area contributed by atoms with Gasteiger partial charge in [0.25, 0.3) is 0 Å². The van der Waals surface area contributed by atoms with Crippen LogP contribution in [0.3, 0.4) is 0 Å². The van der Waals surface area contributed by atoms with Crippen molar-refractivity contribution in [3.8, 4) is 22.6 Å². The molecule has 5 heteroatoms. The van der Waals surface area contributed by atoms with E-state index in [4.69, 9.17) is 9.47 Å². The highest BCUT2D eigenvalue weighted by molar-refractivity contribution is 5.64. The Labute approximate surface area is 168 Å². The molecule has 0 aromatic heterocycles. The average Bonchev–Trinajstić information content (AvgIpc) is 2.73. The molecule has 0 saturated carbocycles. The fourth-order valence-corrected chi connectivity index (χ4v) is 2.87. The van der Waals surface area contributed by atoms with E-state index in [1.807, 2.05) is 12.1 Å². The van der Waals surface area contributed by atoms with Crippen molar-refractivity contribution in [3.63, 3.8) is 0 Å². The van der Waals surface area contributed by atoms with Crippen molar-refractivity contribution in [1.29, 1.82) is 0 Å². The molecule has 0 aliphatic carbocycles. The number of halogens is 3. The summed E-state index contributed by atoms with van der Waals surface area (Å²) in [7, 11) is 0. The second kappa shape index (κ2) is 9.32. The van der Waals surface area contributed by atoms with E-state index in [9.17, 15) is 13.2 Å². The molecule has 2 nitrogen and oxygen atoms in total. The predicted molar refractivity (Wildman–Crippen MR) is 108 cm³/mol. The molecule has 3 aromatic carbocycles. The molecular formula is C24H21F3O2. The van der Waals surface area contributed by atoms with Crippen LogP contribution in [0.2, 0.25) is 0 Å². The summed E-state index contributed by atoms with van der Waals surface area (Å²) in [6.45, 7) is 4.00. The van der Waals surface area contributed by atoms with Crippen molar-refractivity contribution in [3.05, 3.63) is 89.3 Å². The van der Waals surface area contributed by atoms with E-state index in [0.717, 1.165) is 11.1 Å². The van der Waals surface area contributed by atoms with Crippen LogP contribution < -0.4 is 9.47 Å². The highest BCUT2D eigenvalue weighted by atomic mass is 19.2. The molecule has 0 heterocycles. The van der Waals surface area contributed by atoms with Gasteiger partial charge < -0.3 is 9.47 Å². The maximum absolute atomic E-state index is 14.1. The topological polar surface area (TPSA) is 18.5 Å². The van der Waals surface area contributed by atoms with Crippen LogP contribution in [0.25, 0.3) is 17.2 Å². The maximum atomic E-state index is 14.1. The molecule has 0 fully saturated rings. The van der Waals surface area contributed by atoms with Crippen LogP contribution in [0.1, 0.15) is 25.0 Å². The van der Waals surface area contributed by atoms with Gasteiger partial charge in [0.1, 0.15) is 6.61 Å². The standard InChI is InChI=1S/C24H21F3O2/c1-3-5-18-10-13-22(24(27)23(18)26)29-15-16-6-8-17(9-7-16)19-11-12-21(28-4-2)20(25)14-19/h3,5-14H,4,15H2,1-2H3/b5-3+. The van der Waals surface area contributed by atoms with E-state index in [-0.39, 0.29) is 23.7 Å². The van der Waals surface area contributed by atoms with Crippen LogP contribution in [0.5, 0.6) is 11.5 Å². The van der Waals surface area contributed by atoms with Gasteiger partial charge in [-0.05, 0) is 54.8 Å². The van der Waals surface area contributed by atoms with Crippen LogP contribution in [-0.4, -0.2) is 6.61 Å². The zero-order valence-electron chi connectivity index (χ0n) is 16.2. The molecule has 0 radical (unpaired) electrons. The van der Waals surface area contributed by atoms with Crippen molar-refractivity contribution in [1.82, 2.24) is 0 Å². The van der Waals surface area contributed by atoms with Gasteiger partial charge in [0.05, 0.1) is 6.61 Å². The minimum absolute atomic E-state index is 0.0806. The fraction of sp³-hybridized carbons (Fsp3) is 0.167. The minimum atomic E-state index is -1.01. The Hall–Kier alpha value is -3.21. The first-order chi connectivity index (χ1) is 14.0. The van der Waals surface area contributed by atoms with E-state index in [0.29, 0.717) is 12.2 Å². The third kappa shape index (κ3) is 4.80. The lowest BCUT2D eigenvalue weighted by molar-refractivity contribution is 0.284. The molecule has 3 aromatic rings. The normalized spacial score (nSPS) is 11.1. The Bertz CT molecular complexity index is 1010. The summed E-state index contributed by atoms with van der Waals surface area (Å²) < 4.78 is 52.8. The van der Waals surface area contributed by atoms with Gasteiger partial charge in [-0.15, -0.1) is 0 Å². The molecule has 3 rings (SSSR count). The number of allylic oxidation sites excluding steroid dienone is 1. The van der Waals surface area contributed by atoms with Crippen molar-refractivity contribution in [2.24, 2.45) is 0 Å². The van der Waals surface area contributed by atoms with Crippen LogP contribution >= 0.6 is 0 Å². The molecule has 29 heavy (non-hydrogen) atoms. The number of rotatable bonds is 7.